The molecule has 3 aromatic heterocycles. The molecule has 0 amide bonds. The summed E-state index contributed by atoms with van der Waals surface area (Å²) in [4.78, 5) is 26.8. The van der Waals surface area contributed by atoms with Crippen molar-refractivity contribution in [1.29, 1.82) is 0 Å². The lowest BCUT2D eigenvalue weighted by Gasteiger charge is -1.99. The number of aromatic nitrogens is 4. The molecule has 8 heteroatoms. The van der Waals surface area contributed by atoms with Crippen LogP contribution in [0, 0.1) is 0 Å². The van der Waals surface area contributed by atoms with Crippen LogP contribution >= 0.6 is 23.1 Å². The number of nitrogen functional groups attached to an aromatic ring is 1. The Hall–Kier alpha value is -2.19. The fraction of sp³-hybridized carbons (Fsp3) is 0.0769. The number of nitrogens with zero attached hydrogens (tertiary/aromatic N) is 3. The number of thioether (sulfide) groups is 1. The number of thiazole rings is 1. The summed E-state index contributed by atoms with van der Waals surface area (Å²) in [6, 6.07) is 6.98. The summed E-state index contributed by atoms with van der Waals surface area (Å²) in [7, 11) is 0. The van der Waals surface area contributed by atoms with Gasteiger partial charge in [-0.25, -0.2) is 9.97 Å². The predicted molar refractivity (Wildman–Crippen MR) is 84.2 cm³/mol. The number of anilines is 1. The Kier molecular flexibility index (Phi) is 3.98. The van der Waals surface area contributed by atoms with Crippen molar-refractivity contribution in [1.82, 2.24) is 19.9 Å². The Bertz CT molecular complexity index is 800. The quantitative estimate of drug-likeness (QED) is 0.565. The second-order valence-electron chi connectivity index (χ2n) is 4.12. The van der Waals surface area contributed by atoms with Gasteiger partial charge >= 0.3 is 0 Å². The highest BCUT2D eigenvalue weighted by Gasteiger charge is 2.07. The Morgan fingerprint density at radius 1 is 1.33 bits per heavy atom. The van der Waals surface area contributed by atoms with Gasteiger partial charge in [-0.05, 0) is 12.1 Å². The van der Waals surface area contributed by atoms with E-state index < -0.39 is 0 Å². The van der Waals surface area contributed by atoms with Gasteiger partial charge in [0.25, 0.3) is 5.56 Å². The molecule has 0 aliphatic carbocycles. The van der Waals surface area contributed by atoms with E-state index >= 15 is 0 Å². The van der Waals surface area contributed by atoms with Crippen molar-refractivity contribution in [3.05, 3.63) is 51.9 Å². The number of nitrogens with two attached hydrogens (primary N) is 1. The van der Waals surface area contributed by atoms with Crippen molar-refractivity contribution in [3.8, 4) is 10.7 Å². The molecule has 106 valence electrons. The van der Waals surface area contributed by atoms with Gasteiger partial charge in [0.15, 0.2) is 5.16 Å². The van der Waals surface area contributed by atoms with Gasteiger partial charge in [-0.1, -0.05) is 17.8 Å². The molecule has 0 aliphatic rings. The summed E-state index contributed by atoms with van der Waals surface area (Å²) in [5.41, 5.74) is 7.06. The first kappa shape index (κ1) is 13.8. The van der Waals surface area contributed by atoms with Crippen LogP contribution < -0.4 is 11.3 Å². The van der Waals surface area contributed by atoms with Crippen molar-refractivity contribution in [2.75, 3.05) is 5.73 Å². The van der Waals surface area contributed by atoms with Gasteiger partial charge in [0.1, 0.15) is 10.8 Å². The minimum atomic E-state index is -0.252. The third kappa shape index (κ3) is 3.47. The molecule has 0 radical (unpaired) electrons. The molecule has 0 bridgehead atoms. The summed E-state index contributed by atoms with van der Waals surface area (Å²) in [6.07, 6.45) is 1.74. The fourth-order valence-electron chi connectivity index (χ4n) is 1.64. The second-order valence-corrected chi connectivity index (χ2v) is 5.95. The van der Waals surface area contributed by atoms with Crippen LogP contribution in [0.4, 0.5) is 5.82 Å². The molecular weight excluding hydrogens is 306 g/mol. The fourth-order valence-corrected chi connectivity index (χ4v) is 3.32. The predicted octanol–water partition coefficient (Wildman–Crippen LogP) is 2.16. The SMILES string of the molecule is Nc1cc(=O)[nH]c(SCc2csc(-c3ccccn3)n2)n1. The summed E-state index contributed by atoms with van der Waals surface area (Å²) in [6.45, 7) is 0. The molecule has 0 aromatic carbocycles. The average molecular weight is 317 g/mol. The van der Waals surface area contributed by atoms with Crippen molar-refractivity contribution in [2.24, 2.45) is 0 Å². The number of nitrogens with one attached hydrogen (secondary N) is 1. The van der Waals surface area contributed by atoms with Crippen LogP contribution in [0.15, 0.2) is 45.8 Å². The van der Waals surface area contributed by atoms with Crippen molar-refractivity contribution in [3.63, 3.8) is 0 Å². The summed E-state index contributed by atoms with van der Waals surface area (Å²) < 4.78 is 0. The number of pyridine rings is 1. The largest absolute Gasteiger partial charge is 0.383 e. The van der Waals surface area contributed by atoms with E-state index in [4.69, 9.17) is 5.73 Å². The first-order valence-corrected chi connectivity index (χ1v) is 7.93. The smallest absolute Gasteiger partial charge is 0.253 e. The molecule has 3 aromatic rings. The molecule has 0 saturated carbocycles. The summed E-state index contributed by atoms with van der Waals surface area (Å²) >= 11 is 2.93. The summed E-state index contributed by atoms with van der Waals surface area (Å²) in [5.74, 6) is 0.823. The molecule has 3 N–H and O–H groups in total. The van der Waals surface area contributed by atoms with Crippen molar-refractivity contribution >= 4 is 28.9 Å². The molecular formula is C13H11N5OS2. The topological polar surface area (TPSA) is 97.6 Å². The van der Waals surface area contributed by atoms with Gasteiger partial charge in [-0.3, -0.25) is 9.78 Å². The van der Waals surface area contributed by atoms with E-state index in [2.05, 4.69) is 19.9 Å². The van der Waals surface area contributed by atoms with Gasteiger partial charge in [-0.15, -0.1) is 11.3 Å². The van der Waals surface area contributed by atoms with E-state index in [0.717, 1.165) is 16.4 Å². The third-order valence-electron chi connectivity index (χ3n) is 2.53. The van der Waals surface area contributed by atoms with Gasteiger partial charge < -0.3 is 10.7 Å². The monoisotopic (exact) mass is 317 g/mol. The first-order chi connectivity index (χ1) is 10.2. The molecule has 0 aliphatic heterocycles. The minimum Gasteiger partial charge on any atom is -0.383 e. The molecule has 3 heterocycles. The zero-order valence-electron chi connectivity index (χ0n) is 10.8. The van der Waals surface area contributed by atoms with E-state index in [9.17, 15) is 4.79 Å². The van der Waals surface area contributed by atoms with Crippen LogP contribution in [0.2, 0.25) is 0 Å². The number of rotatable bonds is 4. The lowest BCUT2D eigenvalue weighted by Crippen LogP contribution is -2.09. The molecule has 21 heavy (non-hydrogen) atoms. The highest BCUT2D eigenvalue weighted by Crippen LogP contribution is 2.25. The first-order valence-electron chi connectivity index (χ1n) is 6.06. The number of hydrogen-bond donors (Lipinski definition) is 2. The maximum atomic E-state index is 11.3. The second kappa shape index (κ2) is 6.06. The Morgan fingerprint density at radius 3 is 3.00 bits per heavy atom. The zero-order valence-corrected chi connectivity index (χ0v) is 12.4. The van der Waals surface area contributed by atoms with Gasteiger partial charge in [0.05, 0.1) is 11.4 Å². The Morgan fingerprint density at radius 2 is 2.24 bits per heavy atom. The van der Waals surface area contributed by atoms with E-state index in [0.29, 0.717) is 10.9 Å². The lowest BCUT2D eigenvalue weighted by molar-refractivity contribution is 0.944. The van der Waals surface area contributed by atoms with Crippen LogP contribution in [-0.2, 0) is 5.75 Å². The van der Waals surface area contributed by atoms with E-state index in [-0.39, 0.29) is 11.4 Å². The van der Waals surface area contributed by atoms with Crippen molar-refractivity contribution < 1.29 is 0 Å². The highest BCUT2D eigenvalue weighted by atomic mass is 32.2. The highest BCUT2D eigenvalue weighted by molar-refractivity contribution is 7.98. The zero-order chi connectivity index (χ0) is 14.7. The summed E-state index contributed by atoms with van der Waals surface area (Å²) in [5, 5.41) is 3.34. The number of hydrogen-bond acceptors (Lipinski definition) is 7. The maximum Gasteiger partial charge on any atom is 0.253 e. The maximum absolute atomic E-state index is 11.3. The van der Waals surface area contributed by atoms with Gasteiger partial charge in [-0.2, -0.15) is 0 Å². The molecule has 0 unspecified atom stereocenters. The van der Waals surface area contributed by atoms with Gasteiger partial charge in [0.2, 0.25) is 0 Å². The lowest BCUT2D eigenvalue weighted by atomic mass is 10.4. The van der Waals surface area contributed by atoms with E-state index in [1.165, 1.54) is 17.8 Å². The average Bonchev–Trinajstić information content (AvgIpc) is 2.94. The van der Waals surface area contributed by atoms with Crippen LogP contribution in [-0.4, -0.2) is 19.9 Å². The molecule has 0 spiro atoms. The standard InChI is InChI=1S/C13H11N5OS2/c14-10-5-11(19)18-13(17-10)21-7-8-6-20-12(16-8)9-3-1-2-4-15-9/h1-6H,7H2,(H3,14,17,18,19). The van der Waals surface area contributed by atoms with Crippen LogP contribution in [0.25, 0.3) is 10.7 Å². The Balaban J connectivity index is 1.72. The van der Waals surface area contributed by atoms with Crippen molar-refractivity contribution in [2.45, 2.75) is 10.9 Å². The minimum absolute atomic E-state index is 0.216. The molecule has 3 rings (SSSR count). The molecule has 6 nitrogen and oxygen atoms in total. The number of aromatic amines is 1. The number of H-pyrrole nitrogens is 1. The van der Waals surface area contributed by atoms with Crippen LogP contribution in [0.1, 0.15) is 5.69 Å². The molecule has 0 fully saturated rings. The molecule has 0 saturated heterocycles. The Labute approximate surface area is 128 Å². The van der Waals surface area contributed by atoms with Gasteiger partial charge in [0, 0.05) is 23.4 Å². The van der Waals surface area contributed by atoms with E-state index in [1.807, 2.05) is 23.6 Å². The van der Waals surface area contributed by atoms with Crippen LogP contribution in [0.3, 0.4) is 0 Å². The normalized spacial score (nSPS) is 10.7. The van der Waals surface area contributed by atoms with Crippen LogP contribution in [0.5, 0.6) is 0 Å². The third-order valence-corrected chi connectivity index (χ3v) is 4.35. The molecule has 0 atom stereocenters. The van der Waals surface area contributed by atoms with E-state index in [1.54, 1.807) is 17.5 Å².